The summed E-state index contributed by atoms with van der Waals surface area (Å²) in [6.07, 6.45) is 0. The van der Waals surface area contributed by atoms with Crippen LogP contribution in [0.4, 0.5) is 0 Å². The monoisotopic (exact) mass is 251 g/mol. The van der Waals surface area contributed by atoms with E-state index in [-0.39, 0.29) is 5.41 Å². The fourth-order valence-corrected chi connectivity index (χ4v) is 2.41. The van der Waals surface area contributed by atoms with Gasteiger partial charge in [-0.15, -0.1) is 0 Å². The molecule has 2 rings (SSSR count). The first-order chi connectivity index (χ1) is 8.36. The third kappa shape index (κ3) is 3.12. The Morgan fingerprint density at radius 1 is 1.50 bits per heavy atom. The minimum absolute atomic E-state index is 0.287. The molecule has 1 aliphatic rings. The first-order valence-corrected chi connectivity index (χ1v) is 6.76. The summed E-state index contributed by atoms with van der Waals surface area (Å²) < 4.78 is 5.32. The van der Waals surface area contributed by atoms with Gasteiger partial charge in [0.2, 0.25) is 0 Å². The molecule has 0 aliphatic carbocycles. The molecule has 1 fully saturated rings. The Morgan fingerprint density at radius 3 is 2.78 bits per heavy atom. The van der Waals surface area contributed by atoms with Gasteiger partial charge >= 0.3 is 0 Å². The van der Waals surface area contributed by atoms with Crippen molar-refractivity contribution in [3.63, 3.8) is 0 Å². The second-order valence-electron chi connectivity index (χ2n) is 6.54. The van der Waals surface area contributed by atoms with E-state index in [1.54, 1.807) is 0 Å². The third-order valence-corrected chi connectivity index (χ3v) is 3.78. The maximum absolute atomic E-state index is 5.32. The fourth-order valence-electron chi connectivity index (χ4n) is 2.41. The van der Waals surface area contributed by atoms with E-state index < -0.39 is 0 Å². The number of rotatable bonds is 2. The van der Waals surface area contributed by atoms with E-state index in [0.717, 1.165) is 31.1 Å². The summed E-state index contributed by atoms with van der Waals surface area (Å²) in [5.74, 6) is 0.967. The van der Waals surface area contributed by atoms with Crippen LogP contribution in [0, 0.1) is 12.3 Å². The van der Waals surface area contributed by atoms with Crippen LogP contribution >= 0.6 is 0 Å². The maximum atomic E-state index is 5.32. The highest BCUT2D eigenvalue weighted by molar-refractivity contribution is 5.04. The average Bonchev–Trinajstić information content (AvgIpc) is 2.66. The molecular formula is C14H25N3O. The smallest absolute Gasteiger partial charge is 0.150 e. The number of piperazine rings is 1. The lowest BCUT2D eigenvalue weighted by molar-refractivity contribution is 0.0799. The van der Waals surface area contributed by atoms with Crippen molar-refractivity contribution in [2.24, 2.45) is 5.41 Å². The average molecular weight is 251 g/mol. The summed E-state index contributed by atoms with van der Waals surface area (Å²) in [4.78, 5) is 2.48. The zero-order valence-electron chi connectivity index (χ0n) is 12.2. The molecule has 1 saturated heterocycles. The van der Waals surface area contributed by atoms with E-state index in [2.05, 4.69) is 43.1 Å². The summed E-state index contributed by atoms with van der Waals surface area (Å²) in [6, 6.07) is 3.09. The molecule has 4 heteroatoms. The first kappa shape index (κ1) is 13.6. The molecule has 2 unspecified atom stereocenters. The summed E-state index contributed by atoms with van der Waals surface area (Å²) >= 11 is 0. The molecule has 0 aromatic carbocycles. The number of aromatic nitrogens is 1. The van der Waals surface area contributed by atoms with E-state index in [1.807, 2.05) is 13.0 Å². The van der Waals surface area contributed by atoms with Crippen LogP contribution in [0.2, 0.25) is 0 Å². The van der Waals surface area contributed by atoms with E-state index in [0.29, 0.717) is 12.1 Å². The standard InChI is InChI=1S/C14H25N3O/c1-10-6-12(18-16-10)8-17-9-13(14(3,4)5)15-7-11(17)2/h6,11,13,15H,7-9H2,1-5H3. The number of nitrogens with one attached hydrogen (secondary N) is 1. The lowest BCUT2D eigenvalue weighted by Gasteiger charge is -2.43. The molecule has 18 heavy (non-hydrogen) atoms. The van der Waals surface area contributed by atoms with Crippen molar-refractivity contribution in [1.29, 1.82) is 0 Å². The van der Waals surface area contributed by atoms with E-state index in [1.165, 1.54) is 0 Å². The van der Waals surface area contributed by atoms with Crippen LogP contribution in [-0.2, 0) is 6.54 Å². The molecule has 1 aromatic rings. The van der Waals surface area contributed by atoms with Gasteiger partial charge in [0, 0.05) is 31.2 Å². The molecule has 0 spiro atoms. The molecule has 0 radical (unpaired) electrons. The molecule has 1 aliphatic heterocycles. The van der Waals surface area contributed by atoms with Gasteiger partial charge in [-0.05, 0) is 19.3 Å². The lowest BCUT2D eigenvalue weighted by Crippen LogP contribution is -2.59. The Bertz CT molecular complexity index is 394. The van der Waals surface area contributed by atoms with E-state index in [9.17, 15) is 0 Å². The van der Waals surface area contributed by atoms with Crippen LogP contribution in [0.3, 0.4) is 0 Å². The molecule has 2 atom stereocenters. The second kappa shape index (κ2) is 5.02. The molecular weight excluding hydrogens is 226 g/mol. The van der Waals surface area contributed by atoms with Crippen LogP contribution in [0.5, 0.6) is 0 Å². The normalized spacial score (nSPS) is 26.5. The van der Waals surface area contributed by atoms with Crippen LogP contribution in [-0.4, -0.2) is 35.2 Å². The van der Waals surface area contributed by atoms with Gasteiger partial charge < -0.3 is 9.84 Å². The second-order valence-corrected chi connectivity index (χ2v) is 6.54. The Labute approximate surface area is 110 Å². The predicted molar refractivity (Wildman–Crippen MR) is 72.4 cm³/mol. The minimum atomic E-state index is 0.287. The van der Waals surface area contributed by atoms with Gasteiger partial charge in [0.1, 0.15) is 0 Å². The van der Waals surface area contributed by atoms with Gasteiger partial charge in [-0.3, -0.25) is 4.90 Å². The zero-order valence-corrected chi connectivity index (χ0v) is 12.2. The van der Waals surface area contributed by atoms with Gasteiger partial charge in [-0.2, -0.15) is 0 Å². The third-order valence-electron chi connectivity index (χ3n) is 3.78. The number of aryl methyl sites for hydroxylation is 1. The summed E-state index contributed by atoms with van der Waals surface area (Å²) in [5.41, 5.74) is 1.25. The predicted octanol–water partition coefficient (Wildman–Crippen LogP) is 2.19. The molecule has 1 aromatic heterocycles. The quantitative estimate of drug-likeness (QED) is 0.875. The molecule has 1 N–H and O–H groups in total. The van der Waals surface area contributed by atoms with Gasteiger partial charge in [0.05, 0.1) is 12.2 Å². The maximum Gasteiger partial charge on any atom is 0.150 e. The highest BCUT2D eigenvalue weighted by Gasteiger charge is 2.32. The van der Waals surface area contributed by atoms with Crippen LogP contribution in [0.15, 0.2) is 10.6 Å². The van der Waals surface area contributed by atoms with Crippen molar-refractivity contribution in [2.75, 3.05) is 13.1 Å². The molecule has 0 bridgehead atoms. The van der Waals surface area contributed by atoms with Crippen LogP contribution in [0.1, 0.15) is 39.1 Å². The fraction of sp³-hybridized carbons (Fsp3) is 0.786. The van der Waals surface area contributed by atoms with Crippen molar-refractivity contribution in [2.45, 2.75) is 53.2 Å². The lowest BCUT2D eigenvalue weighted by atomic mass is 9.85. The van der Waals surface area contributed by atoms with Crippen molar-refractivity contribution in [3.05, 3.63) is 17.5 Å². The SMILES string of the molecule is Cc1cc(CN2CC(C(C)(C)C)NCC2C)on1. The van der Waals surface area contributed by atoms with Crippen molar-refractivity contribution < 1.29 is 4.52 Å². The Kier molecular flexibility index (Phi) is 3.78. The van der Waals surface area contributed by atoms with Gasteiger partial charge in [0.15, 0.2) is 5.76 Å². The van der Waals surface area contributed by atoms with Crippen molar-refractivity contribution >= 4 is 0 Å². The number of hydrogen-bond donors (Lipinski definition) is 1. The molecule has 0 saturated carbocycles. The number of hydrogen-bond acceptors (Lipinski definition) is 4. The Balaban J connectivity index is 2.02. The Hall–Kier alpha value is -0.870. The van der Waals surface area contributed by atoms with Crippen LogP contribution in [0.25, 0.3) is 0 Å². The molecule has 102 valence electrons. The number of nitrogens with zero attached hydrogens (tertiary/aromatic N) is 2. The van der Waals surface area contributed by atoms with Crippen LogP contribution < -0.4 is 5.32 Å². The van der Waals surface area contributed by atoms with Gasteiger partial charge in [0.25, 0.3) is 0 Å². The topological polar surface area (TPSA) is 41.3 Å². The summed E-state index contributed by atoms with van der Waals surface area (Å²) in [7, 11) is 0. The largest absolute Gasteiger partial charge is 0.360 e. The zero-order chi connectivity index (χ0) is 13.3. The van der Waals surface area contributed by atoms with Gasteiger partial charge in [-0.25, -0.2) is 0 Å². The first-order valence-electron chi connectivity index (χ1n) is 6.76. The Morgan fingerprint density at radius 2 is 2.22 bits per heavy atom. The van der Waals surface area contributed by atoms with Crippen molar-refractivity contribution in [3.8, 4) is 0 Å². The van der Waals surface area contributed by atoms with Gasteiger partial charge in [-0.1, -0.05) is 25.9 Å². The molecule has 4 nitrogen and oxygen atoms in total. The molecule has 2 heterocycles. The van der Waals surface area contributed by atoms with E-state index >= 15 is 0 Å². The summed E-state index contributed by atoms with van der Waals surface area (Å²) in [5, 5.41) is 7.60. The van der Waals surface area contributed by atoms with E-state index in [4.69, 9.17) is 4.52 Å². The minimum Gasteiger partial charge on any atom is -0.360 e. The van der Waals surface area contributed by atoms with Crippen molar-refractivity contribution in [1.82, 2.24) is 15.4 Å². The highest BCUT2D eigenvalue weighted by Crippen LogP contribution is 2.24. The highest BCUT2D eigenvalue weighted by atomic mass is 16.5. The summed E-state index contributed by atoms with van der Waals surface area (Å²) in [6.45, 7) is 14.0. The molecule has 0 amide bonds.